The summed E-state index contributed by atoms with van der Waals surface area (Å²) in [6, 6.07) is 38.1. The van der Waals surface area contributed by atoms with E-state index in [0.29, 0.717) is 23.6 Å². The molecule has 2 N–H and O–H groups in total. The van der Waals surface area contributed by atoms with Crippen molar-refractivity contribution in [1.29, 1.82) is 0 Å². The Morgan fingerprint density at radius 3 is 1.95 bits per heavy atom. The van der Waals surface area contributed by atoms with E-state index < -0.39 is 29.2 Å². The number of aromatic nitrogens is 2. The van der Waals surface area contributed by atoms with E-state index in [2.05, 4.69) is 46.7 Å². The zero-order valence-corrected chi connectivity index (χ0v) is 25.1. The molecule has 5 aromatic rings. The third-order valence-corrected chi connectivity index (χ3v) is 8.43. The van der Waals surface area contributed by atoms with Crippen LogP contribution < -0.4 is 16.6 Å². The van der Waals surface area contributed by atoms with Crippen molar-refractivity contribution in [3.8, 4) is 0 Å². The molecule has 0 aliphatic carbocycles. The molecule has 3 atom stereocenters. The standard InChI is InChI=1S/C36H34ClN3O4/c1-25-23-40(35(42)39-34(25)41)33-21-31(38-22-26-17-19-30(37)20-18-26)32(44-33)24-43-36(27-11-5-2-6-12-27,28-13-7-3-8-14-28)29-15-9-4-10-16-29/h2-20,23,31-33,38H,21-22,24H2,1H3,(H,39,41,42)/t31-,32+,33+/m0/s1. The molecular formula is C36H34ClN3O4. The van der Waals surface area contributed by atoms with E-state index in [4.69, 9.17) is 21.1 Å². The molecule has 44 heavy (non-hydrogen) atoms. The maximum atomic E-state index is 12.8. The highest BCUT2D eigenvalue weighted by Crippen LogP contribution is 2.41. The van der Waals surface area contributed by atoms with E-state index in [1.807, 2.05) is 78.9 Å². The Hall–Kier alpha value is -4.27. The first-order valence-corrected chi connectivity index (χ1v) is 15.1. The number of rotatable bonds is 10. The predicted molar refractivity (Wildman–Crippen MR) is 172 cm³/mol. The number of H-pyrrole nitrogens is 1. The first-order valence-electron chi connectivity index (χ1n) is 14.7. The zero-order chi connectivity index (χ0) is 30.5. The molecule has 0 radical (unpaired) electrons. The van der Waals surface area contributed by atoms with Crippen LogP contribution in [0.4, 0.5) is 0 Å². The van der Waals surface area contributed by atoms with Gasteiger partial charge >= 0.3 is 5.69 Å². The Morgan fingerprint density at radius 2 is 1.41 bits per heavy atom. The number of hydrogen-bond acceptors (Lipinski definition) is 5. The third kappa shape index (κ3) is 6.18. The van der Waals surface area contributed by atoms with E-state index >= 15 is 0 Å². The van der Waals surface area contributed by atoms with Crippen molar-refractivity contribution in [3.05, 3.63) is 175 Å². The Balaban J connectivity index is 1.36. The molecule has 8 heteroatoms. The molecule has 1 aliphatic rings. The number of aryl methyl sites for hydroxylation is 1. The van der Waals surface area contributed by atoms with Crippen LogP contribution in [0.2, 0.25) is 5.02 Å². The molecule has 7 nitrogen and oxygen atoms in total. The molecule has 1 fully saturated rings. The summed E-state index contributed by atoms with van der Waals surface area (Å²) in [6.07, 6.45) is 1.06. The number of hydrogen-bond donors (Lipinski definition) is 2. The summed E-state index contributed by atoms with van der Waals surface area (Å²) in [5, 5.41) is 4.31. The van der Waals surface area contributed by atoms with E-state index in [-0.39, 0.29) is 12.6 Å². The van der Waals surface area contributed by atoms with E-state index in [1.54, 1.807) is 13.1 Å². The second kappa shape index (κ2) is 13.2. The van der Waals surface area contributed by atoms with Crippen LogP contribution in [-0.2, 0) is 21.6 Å². The van der Waals surface area contributed by atoms with E-state index in [9.17, 15) is 9.59 Å². The van der Waals surface area contributed by atoms with E-state index in [1.165, 1.54) is 4.57 Å². The van der Waals surface area contributed by atoms with Gasteiger partial charge in [-0.3, -0.25) is 14.3 Å². The van der Waals surface area contributed by atoms with E-state index in [0.717, 1.165) is 22.3 Å². The molecule has 2 heterocycles. The number of aromatic amines is 1. The van der Waals surface area contributed by atoms with Crippen LogP contribution in [0.15, 0.2) is 131 Å². The SMILES string of the molecule is Cc1cn([C@H]2C[C@H](NCc3ccc(Cl)cc3)[C@@H](COC(c3ccccc3)(c3ccccc3)c3ccccc3)O2)c(=O)[nH]c1=O. The second-order valence-corrected chi connectivity index (χ2v) is 11.5. The Kier molecular flexibility index (Phi) is 8.91. The molecular weight excluding hydrogens is 574 g/mol. The molecule has 0 unspecified atom stereocenters. The highest BCUT2D eigenvalue weighted by molar-refractivity contribution is 6.30. The fraction of sp³-hybridized carbons (Fsp3) is 0.222. The lowest BCUT2D eigenvalue weighted by atomic mass is 9.80. The van der Waals surface area contributed by atoms with Crippen LogP contribution in [0.3, 0.4) is 0 Å². The normalized spacial score (nSPS) is 18.4. The minimum atomic E-state index is -0.919. The number of nitrogens with one attached hydrogen (secondary N) is 2. The molecule has 1 aromatic heterocycles. The summed E-state index contributed by atoms with van der Waals surface area (Å²) in [6.45, 7) is 2.48. The van der Waals surface area contributed by atoms with Gasteiger partial charge in [-0.1, -0.05) is 115 Å². The quantitative estimate of drug-likeness (QED) is 0.192. The van der Waals surface area contributed by atoms with Gasteiger partial charge in [0.25, 0.3) is 5.56 Å². The van der Waals surface area contributed by atoms with Gasteiger partial charge in [0.2, 0.25) is 0 Å². The molecule has 224 valence electrons. The van der Waals surface area contributed by atoms with Crippen molar-refractivity contribution >= 4 is 11.6 Å². The largest absolute Gasteiger partial charge is 0.358 e. The highest BCUT2D eigenvalue weighted by Gasteiger charge is 2.42. The number of halogens is 1. The summed E-state index contributed by atoms with van der Waals surface area (Å²) in [5.41, 5.74) is 2.66. The van der Waals surface area contributed by atoms with Gasteiger partial charge in [0, 0.05) is 35.8 Å². The van der Waals surface area contributed by atoms with Crippen molar-refractivity contribution < 1.29 is 9.47 Å². The van der Waals surface area contributed by atoms with Gasteiger partial charge < -0.3 is 14.8 Å². The smallest absolute Gasteiger partial charge is 0.330 e. The van der Waals surface area contributed by atoms with Crippen molar-refractivity contribution in [1.82, 2.24) is 14.9 Å². The maximum Gasteiger partial charge on any atom is 0.330 e. The van der Waals surface area contributed by atoms with Crippen LogP contribution in [0.1, 0.15) is 40.5 Å². The van der Waals surface area contributed by atoms with Gasteiger partial charge in [-0.25, -0.2) is 4.79 Å². The topological polar surface area (TPSA) is 85.3 Å². The highest BCUT2D eigenvalue weighted by atomic mass is 35.5. The molecule has 0 saturated carbocycles. The average molecular weight is 608 g/mol. The monoisotopic (exact) mass is 607 g/mol. The second-order valence-electron chi connectivity index (χ2n) is 11.0. The number of benzene rings is 4. The average Bonchev–Trinajstić information content (AvgIpc) is 3.47. The minimum Gasteiger partial charge on any atom is -0.358 e. The van der Waals surface area contributed by atoms with Crippen LogP contribution >= 0.6 is 11.6 Å². The summed E-state index contributed by atoms with van der Waals surface area (Å²) in [4.78, 5) is 27.3. The molecule has 6 rings (SSSR count). The predicted octanol–water partition coefficient (Wildman–Crippen LogP) is 5.95. The van der Waals surface area contributed by atoms with Gasteiger partial charge in [-0.2, -0.15) is 0 Å². The summed E-state index contributed by atoms with van der Waals surface area (Å²) < 4.78 is 15.1. The van der Waals surface area contributed by atoms with Gasteiger partial charge in [-0.05, 0) is 41.3 Å². The Morgan fingerprint density at radius 1 is 0.864 bits per heavy atom. The van der Waals surface area contributed by atoms with Gasteiger partial charge in [0.05, 0.1) is 12.7 Å². The number of ether oxygens (including phenoxy) is 2. The molecule has 1 aliphatic heterocycles. The lowest BCUT2D eigenvalue weighted by molar-refractivity contribution is -0.0814. The minimum absolute atomic E-state index is 0.158. The Labute approximate surface area is 261 Å². The van der Waals surface area contributed by atoms with Crippen LogP contribution in [0.25, 0.3) is 0 Å². The zero-order valence-electron chi connectivity index (χ0n) is 24.4. The van der Waals surface area contributed by atoms with Crippen molar-refractivity contribution in [3.63, 3.8) is 0 Å². The first-order chi connectivity index (χ1) is 21.4. The first kappa shape index (κ1) is 29.8. The van der Waals surface area contributed by atoms with Crippen LogP contribution in [0.5, 0.6) is 0 Å². The van der Waals surface area contributed by atoms with Gasteiger partial charge in [-0.15, -0.1) is 0 Å². The molecule has 0 spiro atoms. The molecule has 0 bridgehead atoms. The van der Waals surface area contributed by atoms with Crippen LogP contribution in [0, 0.1) is 6.92 Å². The fourth-order valence-electron chi connectivity index (χ4n) is 5.90. The molecule has 0 amide bonds. The lowest BCUT2D eigenvalue weighted by Crippen LogP contribution is -2.42. The fourth-order valence-corrected chi connectivity index (χ4v) is 6.02. The van der Waals surface area contributed by atoms with Gasteiger partial charge in [0.15, 0.2) is 0 Å². The third-order valence-electron chi connectivity index (χ3n) is 8.18. The summed E-state index contributed by atoms with van der Waals surface area (Å²) in [5.74, 6) is 0. The summed E-state index contributed by atoms with van der Waals surface area (Å²) >= 11 is 6.11. The molecule has 1 saturated heterocycles. The lowest BCUT2D eigenvalue weighted by Gasteiger charge is -2.37. The number of nitrogens with zero attached hydrogens (tertiary/aromatic N) is 1. The Bertz CT molecular complexity index is 1690. The molecule has 4 aromatic carbocycles. The summed E-state index contributed by atoms with van der Waals surface area (Å²) in [7, 11) is 0. The maximum absolute atomic E-state index is 12.8. The van der Waals surface area contributed by atoms with Crippen molar-refractivity contribution in [2.45, 2.75) is 43.9 Å². The van der Waals surface area contributed by atoms with Crippen LogP contribution in [-0.4, -0.2) is 28.3 Å². The van der Waals surface area contributed by atoms with Crippen molar-refractivity contribution in [2.75, 3.05) is 6.61 Å². The van der Waals surface area contributed by atoms with Crippen molar-refractivity contribution in [2.24, 2.45) is 0 Å². The van der Waals surface area contributed by atoms with Gasteiger partial charge in [0.1, 0.15) is 11.8 Å².